The van der Waals surface area contributed by atoms with Gasteiger partial charge in [-0.25, -0.2) is 0 Å². The van der Waals surface area contributed by atoms with E-state index in [0.29, 0.717) is 10.5 Å². The molecular formula is C15H16ClN3O. The average molecular weight is 290 g/mol. The predicted octanol–water partition coefficient (Wildman–Crippen LogP) is 2.83. The molecular weight excluding hydrogens is 274 g/mol. The van der Waals surface area contributed by atoms with Crippen molar-refractivity contribution in [1.82, 2.24) is 10.3 Å². The Morgan fingerprint density at radius 2 is 2.30 bits per heavy atom. The van der Waals surface area contributed by atoms with Gasteiger partial charge in [-0.05, 0) is 43.7 Å². The van der Waals surface area contributed by atoms with Crippen LogP contribution >= 0.6 is 11.6 Å². The number of nitrogens with one attached hydrogen (secondary N) is 2. The first kappa shape index (κ1) is 13.3. The van der Waals surface area contributed by atoms with Crippen molar-refractivity contribution in [2.75, 3.05) is 18.4 Å². The first-order valence-electron chi connectivity index (χ1n) is 6.80. The van der Waals surface area contributed by atoms with Gasteiger partial charge < -0.3 is 10.6 Å². The Morgan fingerprint density at radius 3 is 3.10 bits per heavy atom. The van der Waals surface area contributed by atoms with Gasteiger partial charge in [-0.3, -0.25) is 9.78 Å². The van der Waals surface area contributed by atoms with Crippen LogP contribution in [-0.4, -0.2) is 24.0 Å². The summed E-state index contributed by atoms with van der Waals surface area (Å²) in [6.07, 6.45) is 3.68. The number of carbonyl (C=O) groups excluding carboxylic acids is 1. The molecule has 0 aliphatic carbocycles. The van der Waals surface area contributed by atoms with Crippen LogP contribution in [0.3, 0.4) is 0 Å². The molecule has 5 heteroatoms. The van der Waals surface area contributed by atoms with E-state index in [4.69, 9.17) is 11.6 Å². The summed E-state index contributed by atoms with van der Waals surface area (Å²) in [7, 11) is 0. The molecule has 4 nitrogen and oxygen atoms in total. The zero-order valence-corrected chi connectivity index (χ0v) is 11.8. The fourth-order valence-electron chi connectivity index (χ4n) is 2.56. The second-order valence-electron chi connectivity index (χ2n) is 5.03. The number of benzene rings is 1. The molecule has 0 unspecified atom stereocenters. The Balaban J connectivity index is 1.87. The van der Waals surface area contributed by atoms with Crippen molar-refractivity contribution in [3.05, 3.63) is 35.5 Å². The quantitative estimate of drug-likeness (QED) is 0.894. The Morgan fingerprint density at radius 1 is 1.40 bits per heavy atom. The summed E-state index contributed by atoms with van der Waals surface area (Å²) in [6, 6.07) is 7.37. The highest BCUT2D eigenvalue weighted by molar-refractivity contribution is 6.35. The highest BCUT2D eigenvalue weighted by atomic mass is 35.5. The molecule has 1 aromatic heterocycles. The Labute approximate surface area is 122 Å². The van der Waals surface area contributed by atoms with E-state index in [-0.39, 0.29) is 11.8 Å². The molecule has 1 fully saturated rings. The third kappa shape index (κ3) is 2.62. The van der Waals surface area contributed by atoms with Crippen LogP contribution in [0.1, 0.15) is 12.8 Å². The van der Waals surface area contributed by atoms with Crippen LogP contribution in [0.4, 0.5) is 5.69 Å². The van der Waals surface area contributed by atoms with Crippen LogP contribution in [0.25, 0.3) is 10.9 Å². The minimum Gasteiger partial charge on any atom is -0.325 e. The Hall–Kier alpha value is -1.65. The summed E-state index contributed by atoms with van der Waals surface area (Å²) >= 11 is 6.13. The maximum absolute atomic E-state index is 12.3. The first-order chi connectivity index (χ1) is 9.75. The van der Waals surface area contributed by atoms with E-state index in [1.54, 1.807) is 12.3 Å². The molecule has 1 aromatic carbocycles. The maximum atomic E-state index is 12.3. The zero-order chi connectivity index (χ0) is 13.9. The molecule has 0 spiro atoms. The molecule has 2 N–H and O–H groups in total. The second kappa shape index (κ2) is 5.77. The smallest absolute Gasteiger partial charge is 0.228 e. The number of fused-ring (bicyclic) bond motifs is 1. The molecule has 104 valence electrons. The van der Waals surface area contributed by atoms with Gasteiger partial charge in [0.25, 0.3) is 0 Å². The third-order valence-electron chi connectivity index (χ3n) is 3.65. The number of anilines is 1. The van der Waals surface area contributed by atoms with Crippen LogP contribution in [0.15, 0.2) is 30.5 Å². The van der Waals surface area contributed by atoms with Crippen molar-refractivity contribution in [3.63, 3.8) is 0 Å². The molecule has 0 bridgehead atoms. The summed E-state index contributed by atoms with van der Waals surface area (Å²) in [5.74, 6) is 0.0934. The van der Waals surface area contributed by atoms with Gasteiger partial charge in [0.1, 0.15) is 0 Å². The van der Waals surface area contributed by atoms with E-state index in [1.165, 1.54) is 0 Å². The van der Waals surface area contributed by atoms with Gasteiger partial charge in [0.2, 0.25) is 5.91 Å². The molecule has 1 saturated heterocycles. The van der Waals surface area contributed by atoms with Crippen molar-refractivity contribution < 1.29 is 4.79 Å². The number of pyridine rings is 1. The predicted molar refractivity (Wildman–Crippen MR) is 81.0 cm³/mol. The van der Waals surface area contributed by atoms with E-state index in [2.05, 4.69) is 15.6 Å². The summed E-state index contributed by atoms with van der Waals surface area (Å²) < 4.78 is 0. The zero-order valence-electron chi connectivity index (χ0n) is 11.0. The molecule has 2 heterocycles. The molecule has 1 aliphatic rings. The number of hydrogen-bond donors (Lipinski definition) is 2. The van der Waals surface area contributed by atoms with E-state index in [1.807, 2.05) is 18.2 Å². The van der Waals surface area contributed by atoms with E-state index in [9.17, 15) is 4.79 Å². The summed E-state index contributed by atoms with van der Waals surface area (Å²) in [4.78, 5) is 16.6. The number of carbonyl (C=O) groups is 1. The lowest BCUT2D eigenvalue weighted by molar-refractivity contribution is -0.120. The Bertz CT molecular complexity index is 638. The molecule has 2 aromatic rings. The number of piperidine rings is 1. The van der Waals surface area contributed by atoms with Crippen LogP contribution in [0, 0.1) is 5.92 Å². The number of amides is 1. The molecule has 3 rings (SSSR count). The Kier molecular flexibility index (Phi) is 3.85. The summed E-state index contributed by atoms with van der Waals surface area (Å²) in [6.45, 7) is 1.74. The molecule has 1 atom stereocenters. The highest BCUT2D eigenvalue weighted by Crippen LogP contribution is 2.28. The topological polar surface area (TPSA) is 54.0 Å². The van der Waals surface area contributed by atoms with Gasteiger partial charge in [0.15, 0.2) is 0 Å². The minimum absolute atomic E-state index is 0.0335. The van der Waals surface area contributed by atoms with Crippen molar-refractivity contribution in [3.8, 4) is 0 Å². The maximum Gasteiger partial charge on any atom is 0.228 e. The van der Waals surface area contributed by atoms with Crippen LogP contribution in [0.2, 0.25) is 5.02 Å². The van der Waals surface area contributed by atoms with E-state index < -0.39 is 0 Å². The fourth-order valence-corrected chi connectivity index (χ4v) is 2.77. The van der Waals surface area contributed by atoms with Gasteiger partial charge in [-0.2, -0.15) is 0 Å². The number of halogens is 1. The van der Waals surface area contributed by atoms with Crippen LogP contribution in [-0.2, 0) is 4.79 Å². The lowest BCUT2D eigenvalue weighted by Crippen LogP contribution is -2.37. The largest absolute Gasteiger partial charge is 0.325 e. The second-order valence-corrected chi connectivity index (χ2v) is 5.43. The normalized spacial score (nSPS) is 18.9. The van der Waals surface area contributed by atoms with Gasteiger partial charge >= 0.3 is 0 Å². The van der Waals surface area contributed by atoms with Crippen LogP contribution < -0.4 is 10.6 Å². The summed E-state index contributed by atoms with van der Waals surface area (Å²) in [5.41, 5.74) is 1.49. The van der Waals surface area contributed by atoms with E-state index >= 15 is 0 Å². The lowest BCUT2D eigenvalue weighted by atomic mass is 9.98. The molecule has 1 amide bonds. The van der Waals surface area contributed by atoms with Crippen molar-refractivity contribution in [2.24, 2.45) is 5.92 Å². The van der Waals surface area contributed by atoms with Crippen molar-refractivity contribution in [1.29, 1.82) is 0 Å². The highest BCUT2D eigenvalue weighted by Gasteiger charge is 2.21. The number of nitrogens with zero attached hydrogens (tertiary/aromatic N) is 1. The van der Waals surface area contributed by atoms with Crippen molar-refractivity contribution >= 4 is 34.1 Å². The third-order valence-corrected chi connectivity index (χ3v) is 3.95. The lowest BCUT2D eigenvalue weighted by Gasteiger charge is -2.22. The number of aromatic nitrogens is 1. The fraction of sp³-hybridized carbons (Fsp3) is 0.333. The standard InChI is InChI=1S/C15H16ClN3O/c16-12-5-6-13(11-4-2-8-18-14(11)12)19-15(20)10-3-1-7-17-9-10/h2,4-6,8,10,17H,1,3,7,9H2,(H,19,20)/t10-/m1/s1. The van der Waals surface area contributed by atoms with Crippen molar-refractivity contribution in [2.45, 2.75) is 12.8 Å². The average Bonchev–Trinajstić information content (AvgIpc) is 2.51. The monoisotopic (exact) mass is 289 g/mol. The first-order valence-corrected chi connectivity index (χ1v) is 7.18. The molecule has 20 heavy (non-hydrogen) atoms. The van der Waals surface area contributed by atoms with E-state index in [0.717, 1.165) is 37.0 Å². The molecule has 0 saturated carbocycles. The van der Waals surface area contributed by atoms with Gasteiger partial charge in [0, 0.05) is 18.1 Å². The molecule has 1 aliphatic heterocycles. The number of rotatable bonds is 2. The van der Waals surface area contributed by atoms with Gasteiger partial charge in [0.05, 0.1) is 22.1 Å². The number of hydrogen-bond acceptors (Lipinski definition) is 3. The van der Waals surface area contributed by atoms with Crippen LogP contribution in [0.5, 0.6) is 0 Å². The van der Waals surface area contributed by atoms with Gasteiger partial charge in [-0.1, -0.05) is 11.6 Å². The van der Waals surface area contributed by atoms with Gasteiger partial charge in [-0.15, -0.1) is 0 Å². The molecule has 0 radical (unpaired) electrons. The SMILES string of the molecule is O=C(Nc1ccc(Cl)c2ncccc12)[C@@H]1CCCNC1. The summed E-state index contributed by atoms with van der Waals surface area (Å²) in [5, 5.41) is 7.73. The minimum atomic E-state index is 0.0335.